The van der Waals surface area contributed by atoms with Crippen LogP contribution in [0.1, 0.15) is 12.0 Å². The molecule has 1 atom stereocenters. The van der Waals surface area contributed by atoms with Crippen LogP contribution in [0.2, 0.25) is 0 Å². The summed E-state index contributed by atoms with van der Waals surface area (Å²) in [4.78, 5) is 11.6. The van der Waals surface area contributed by atoms with Gasteiger partial charge < -0.3 is 15.7 Å². The van der Waals surface area contributed by atoms with Crippen molar-refractivity contribution >= 4 is 6.03 Å². The third kappa shape index (κ3) is 5.97. The molecule has 0 radical (unpaired) electrons. The number of aliphatic hydroxyl groups excluding tert-OH is 1. The Hall–Kier alpha value is -2.34. The van der Waals surface area contributed by atoms with Crippen LogP contribution in [-0.2, 0) is 13.0 Å². The molecule has 0 aliphatic rings. The largest absolute Gasteiger partial charge is 0.391 e. The molecule has 1 aromatic heterocycles. The van der Waals surface area contributed by atoms with Crippen molar-refractivity contribution in [3.8, 4) is 0 Å². The molecular weight excluding hydrogens is 280 g/mol. The molecule has 1 unspecified atom stereocenters. The Morgan fingerprint density at radius 1 is 1.23 bits per heavy atom. The van der Waals surface area contributed by atoms with Crippen molar-refractivity contribution in [2.24, 2.45) is 0 Å². The molecule has 1 heterocycles. The van der Waals surface area contributed by atoms with Crippen LogP contribution in [0.4, 0.5) is 4.79 Å². The highest BCUT2D eigenvalue weighted by molar-refractivity contribution is 5.73. The van der Waals surface area contributed by atoms with E-state index in [1.54, 1.807) is 6.20 Å². The number of nitrogens with one attached hydrogen (secondary N) is 2. The first-order chi connectivity index (χ1) is 10.7. The molecule has 1 aromatic carbocycles. The second-order valence-corrected chi connectivity index (χ2v) is 5.10. The van der Waals surface area contributed by atoms with Crippen molar-refractivity contribution in [3.05, 3.63) is 54.4 Å². The highest BCUT2D eigenvalue weighted by Crippen LogP contribution is 2.02. The number of urea groups is 1. The monoisotopic (exact) mass is 302 g/mol. The van der Waals surface area contributed by atoms with Crippen LogP contribution < -0.4 is 10.6 Å². The summed E-state index contributed by atoms with van der Waals surface area (Å²) in [5.41, 5.74) is 1.05. The quantitative estimate of drug-likeness (QED) is 0.641. The average Bonchev–Trinajstić information content (AvgIpc) is 3.04. The lowest BCUT2D eigenvalue weighted by atomic mass is 10.1. The first kappa shape index (κ1) is 16.0. The first-order valence-electron chi connectivity index (χ1n) is 7.45. The van der Waals surface area contributed by atoms with Crippen molar-refractivity contribution in [1.82, 2.24) is 20.4 Å². The third-order valence-electron chi connectivity index (χ3n) is 3.22. The van der Waals surface area contributed by atoms with Crippen molar-refractivity contribution < 1.29 is 9.90 Å². The minimum Gasteiger partial charge on any atom is -0.391 e. The minimum absolute atomic E-state index is 0.236. The van der Waals surface area contributed by atoms with Crippen molar-refractivity contribution in [2.75, 3.05) is 13.1 Å². The summed E-state index contributed by atoms with van der Waals surface area (Å²) in [6.45, 7) is 1.57. The van der Waals surface area contributed by atoms with Gasteiger partial charge in [-0.05, 0) is 18.1 Å². The van der Waals surface area contributed by atoms with E-state index in [-0.39, 0.29) is 12.6 Å². The molecule has 3 N–H and O–H groups in total. The molecule has 22 heavy (non-hydrogen) atoms. The number of carbonyl (C=O) groups excluding carboxylic acids is 1. The van der Waals surface area contributed by atoms with Crippen LogP contribution in [0.3, 0.4) is 0 Å². The van der Waals surface area contributed by atoms with E-state index in [9.17, 15) is 9.90 Å². The molecule has 6 heteroatoms. The Labute approximate surface area is 130 Å². The van der Waals surface area contributed by atoms with E-state index in [0.717, 1.165) is 18.5 Å². The summed E-state index contributed by atoms with van der Waals surface area (Å²) >= 11 is 0. The molecule has 6 nitrogen and oxygen atoms in total. The van der Waals surface area contributed by atoms with Gasteiger partial charge in [-0.15, -0.1) is 0 Å². The van der Waals surface area contributed by atoms with Gasteiger partial charge in [0.25, 0.3) is 0 Å². The van der Waals surface area contributed by atoms with Crippen molar-refractivity contribution in [1.29, 1.82) is 0 Å². The molecule has 0 saturated heterocycles. The van der Waals surface area contributed by atoms with Crippen LogP contribution in [0.5, 0.6) is 0 Å². The maximum absolute atomic E-state index is 11.6. The standard InChI is InChI=1S/C16H22N4O2/c21-15(12-14-6-2-1-3-7-14)13-18-16(22)17-8-4-10-20-11-5-9-19-20/h1-3,5-7,9,11,15,21H,4,8,10,12-13H2,(H2,17,18,22). The number of nitrogens with zero attached hydrogens (tertiary/aromatic N) is 2. The lowest BCUT2D eigenvalue weighted by molar-refractivity contribution is 0.170. The van der Waals surface area contributed by atoms with Gasteiger partial charge in [0.15, 0.2) is 0 Å². The Morgan fingerprint density at radius 2 is 2.05 bits per heavy atom. The van der Waals surface area contributed by atoms with E-state index in [2.05, 4.69) is 15.7 Å². The maximum Gasteiger partial charge on any atom is 0.314 e. The van der Waals surface area contributed by atoms with Gasteiger partial charge in [0.1, 0.15) is 0 Å². The molecule has 2 aromatic rings. The van der Waals surface area contributed by atoms with Gasteiger partial charge in [-0.1, -0.05) is 30.3 Å². The van der Waals surface area contributed by atoms with E-state index >= 15 is 0 Å². The Bertz CT molecular complexity index is 543. The van der Waals surface area contributed by atoms with Crippen LogP contribution >= 0.6 is 0 Å². The molecule has 2 rings (SSSR count). The highest BCUT2D eigenvalue weighted by Gasteiger charge is 2.07. The fraction of sp³-hybridized carbons (Fsp3) is 0.375. The number of aromatic nitrogens is 2. The Balaban J connectivity index is 1.55. The van der Waals surface area contributed by atoms with Crippen LogP contribution in [0, 0.1) is 0 Å². The fourth-order valence-electron chi connectivity index (χ4n) is 2.11. The maximum atomic E-state index is 11.6. The molecule has 2 amide bonds. The average molecular weight is 302 g/mol. The van der Waals surface area contributed by atoms with Crippen LogP contribution in [0.25, 0.3) is 0 Å². The number of hydrogen-bond donors (Lipinski definition) is 3. The van der Waals surface area contributed by atoms with Gasteiger partial charge in [-0.2, -0.15) is 5.10 Å². The molecule has 0 bridgehead atoms. The molecular formula is C16H22N4O2. The molecule has 0 aliphatic heterocycles. The van der Waals surface area contributed by atoms with Crippen molar-refractivity contribution in [2.45, 2.75) is 25.5 Å². The molecule has 0 spiro atoms. The number of benzene rings is 1. The molecule has 0 aliphatic carbocycles. The van der Waals surface area contributed by atoms with Gasteiger partial charge in [0.05, 0.1) is 6.10 Å². The fourth-order valence-corrected chi connectivity index (χ4v) is 2.11. The van der Waals surface area contributed by atoms with E-state index in [1.807, 2.05) is 47.3 Å². The first-order valence-corrected chi connectivity index (χ1v) is 7.45. The number of hydrogen-bond acceptors (Lipinski definition) is 3. The molecule has 0 saturated carbocycles. The number of amides is 2. The predicted octanol–water partition coefficient (Wildman–Crippen LogP) is 1.18. The smallest absolute Gasteiger partial charge is 0.314 e. The topological polar surface area (TPSA) is 79.2 Å². The lowest BCUT2D eigenvalue weighted by Crippen LogP contribution is -2.40. The Morgan fingerprint density at radius 3 is 2.77 bits per heavy atom. The summed E-state index contributed by atoms with van der Waals surface area (Å²) < 4.78 is 1.82. The summed E-state index contributed by atoms with van der Waals surface area (Å²) in [6, 6.07) is 11.3. The van der Waals surface area contributed by atoms with E-state index < -0.39 is 6.10 Å². The lowest BCUT2D eigenvalue weighted by Gasteiger charge is -2.12. The van der Waals surface area contributed by atoms with Crippen molar-refractivity contribution in [3.63, 3.8) is 0 Å². The van der Waals surface area contributed by atoms with E-state index in [1.165, 1.54) is 0 Å². The summed E-state index contributed by atoms with van der Waals surface area (Å²) in [5.74, 6) is 0. The zero-order valence-electron chi connectivity index (χ0n) is 12.5. The van der Waals surface area contributed by atoms with Gasteiger partial charge in [0.2, 0.25) is 0 Å². The second kappa shape index (κ2) is 8.84. The SMILES string of the molecule is O=C(NCCCn1cccn1)NCC(O)Cc1ccccc1. The Kier molecular flexibility index (Phi) is 6.44. The predicted molar refractivity (Wildman–Crippen MR) is 84.4 cm³/mol. The number of aliphatic hydroxyl groups is 1. The summed E-state index contributed by atoms with van der Waals surface area (Å²) in [5, 5.41) is 19.4. The van der Waals surface area contributed by atoms with Crippen LogP contribution in [-0.4, -0.2) is 40.1 Å². The summed E-state index contributed by atoms with van der Waals surface area (Å²) in [7, 11) is 0. The minimum atomic E-state index is -0.586. The number of carbonyl (C=O) groups is 1. The van der Waals surface area contributed by atoms with Gasteiger partial charge in [-0.3, -0.25) is 4.68 Å². The zero-order valence-corrected chi connectivity index (χ0v) is 12.5. The van der Waals surface area contributed by atoms with E-state index in [4.69, 9.17) is 0 Å². The van der Waals surface area contributed by atoms with E-state index in [0.29, 0.717) is 13.0 Å². The number of rotatable bonds is 8. The third-order valence-corrected chi connectivity index (χ3v) is 3.22. The summed E-state index contributed by atoms with van der Waals surface area (Å²) in [6.07, 6.45) is 4.37. The zero-order chi connectivity index (χ0) is 15.6. The van der Waals surface area contributed by atoms with Crippen LogP contribution in [0.15, 0.2) is 48.8 Å². The molecule has 118 valence electrons. The second-order valence-electron chi connectivity index (χ2n) is 5.10. The highest BCUT2D eigenvalue weighted by atomic mass is 16.3. The van der Waals surface area contributed by atoms with Gasteiger partial charge in [0, 0.05) is 38.4 Å². The normalized spacial score (nSPS) is 11.9. The molecule has 0 fully saturated rings. The van der Waals surface area contributed by atoms with Gasteiger partial charge in [-0.25, -0.2) is 4.79 Å². The number of aryl methyl sites for hydroxylation is 1. The van der Waals surface area contributed by atoms with Gasteiger partial charge >= 0.3 is 6.03 Å².